The zero-order valence-corrected chi connectivity index (χ0v) is 10.3. The molecule has 0 aliphatic carbocycles. The summed E-state index contributed by atoms with van der Waals surface area (Å²) in [6, 6.07) is 4.27. The van der Waals surface area contributed by atoms with Gasteiger partial charge in [0, 0.05) is 31.3 Å². The minimum absolute atomic E-state index is 0.232. The van der Waals surface area contributed by atoms with Crippen LogP contribution >= 0.6 is 0 Å². The second kappa shape index (κ2) is 5.48. The molecule has 1 unspecified atom stereocenters. The van der Waals surface area contributed by atoms with Crippen LogP contribution in [0, 0.1) is 0 Å². The average molecular weight is 230 g/mol. The van der Waals surface area contributed by atoms with Crippen LogP contribution < -0.4 is 5.32 Å². The Morgan fingerprint density at radius 2 is 2.06 bits per heavy atom. The third-order valence-corrected chi connectivity index (χ3v) is 2.73. The number of hydrogen-bond acceptors (Lipinski definition) is 3. The van der Waals surface area contributed by atoms with E-state index in [1.54, 1.807) is 0 Å². The van der Waals surface area contributed by atoms with Gasteiger partial charge in [0.2, 0.25) is 5.95 Å². The third kappa shape index (κ3) is 2.84. The monoisotopic (exact) mass is 230 g/mol. The lowest BCUT2D eigenvalue weighted by atomic mass is 10.1. The molecule has 2 aromatic heterocycles. The molecular weight excluding hydrogens is 212 g/mol. The van der Waals surface area contributed by atoms with E-state index >= 15 is 0 Å². The number of pyridine rings is 1. The molecule has 2 heterocycles. The van der Waals surface area contributed by atoms with E-state index in [1.165, 1.54) is 5.56 Å². The molecule has 0 radical (unpaired) electrons. The highest BCUT2D eigenvalue weighted by atomic mass is 15.2. The first-order valence-corrected chi connectivity index (χ1v) is 5.99. The van der Waals surface area contributed by atoms with E-state index in [9.17, 15) is 0 Å². The number of anilines is 1. The van der Waals surface area contributed by atoms with E-state index in [2.05, 4.69) is 33.7 Å². The van der Waals surface area contributed by atoms with Crippen LogP contribution in [-0.4, -0.2) is 14.5 Å². The number of rotatable bonds is 5. The van der Waals surface area contributed by atoms with Gasteiger partial charge in [0.1, 0.15) is 0 Å². The van der Waals surface area contributed by atoms with E-state index in [0.717, 1.165) is 18.9 Å². The molecule has 0 aliphatic rings. The van der Waals surface area contributed by atoms with Gasteiger partial charge in [0.25, 0.3) is 0 Å². The van der Waals surface area contributed by atoms with Crippen molar-refractivity contribution >= 4 is 5.95 Å². The molecule has 4 nitrogen and oxygen atoms in total. The highest BCUT2D eigenvalue weighted by molar-refractivity contribution is 5.31. The number of nitrogens with zero attached hydrogens (tertiary/aromatic N) is 3. The topological polar surface area (TPSA) is 42.7 Å². The van der Waals surface area contributed by atoms with E-state index in [-0.39, 0.29) is 6.04 Å². The molecule has 0 saturated carbocycles. The van der Waals surface area contributed by atoms with Crippen molar-refractivity contribution in [3.05, 3.63) is 42.5 Å². The molecule has 2 rings (SSSR count). The van der Waals surface area contributed by atoms with Crippen LogP contribution in [0.4, 0.5) is 5.95 Å². The number of imidazole rings is 1. The van der Waals surface area contributed by atoms with Gasteiger partial charge in [0.15, 0.2) is 0 Å². The molecule has 0 spiro atoms. The minimum Gasteiger partial charge on any atom is -0.349 e. The summed E-state index contributed by atoms with van der Waals surface area (Å²) in [5.74, 6) is 0.927. The Balaban J connectivity index is 2.08. The zero-order chi connectivity index (χ0) is 12.1. The molecule has 0 fully saturated rings. The van der Waals surface area contributed by atoms with Crippen molar-refractivity contribution in [2.45, 2.75) is 32.9 Å². The molecule has 0 aliphatic heterocycles. The van der Waals surface area contributed by atoms with Crippen LogP contribution in [0.2, 0.25) is 0 Å². The number of nitrogens with one attached hydrogen (secondary N) is 1. The fraction of sp³-hybridized carbons (Fsp3) is 0.385. The van der Waals surface area contributed by atoms with Gasteiger partial charge in [-0.25, -0.2) is 4.98 Å². The Kier molecular flexibility index (Phi) is 3.75. The standard InChI is InChI=1S/C13H18N4/c1-3-9-17-10-8-15-13(17)16-11(2)12-4-6-14-7-5-12/h4-8,10-11H,3,9H2,1-2H3,(H,15,16). The SMILES string of the molecule is CCCn1ccnc1NC(C)c1ccncc1. The summed E-state index contributed by atoms with van der Waals surface area (Å²) in [6.07, 6.45) is 8.56. The van der Waals surface area contributed by atoms with E-state index in [1.807, 2.05) is 36.9 Å². The van der Waals surface area contributed by atoms with Crippen molar-refractivity contribution in [2.24, 2.45) is 0 Å². The van der Waals surface area contributed by atoms with E-state index in [0.29, 0.717) is 0 Å². The van der Waals surface area contributed by atoms with Crippen molar-refractivity contribution in [3.8, 4) is 0 Å². The van der Waals surface area contributed by atoms with Gasteiger partial charge < -0.3 is 9.88 Å². The highest BCUT2D eigenvalue weighted by Gasteiger charge is 2.08. The smallest absolute Gasteiger partial charge is 0.203 e. The molecule has 2 aromatic rings. The maximum Gasteiger partial charge on any atom is 0.203 e. The summed E-state index contributed by atoms with van der Waals surface area (Å²) >= 11 is 0. The van der Waals surface area contributed by atoms with Gasteiger partial charge in [-0.2, -0.15) is 0 Å². The maximum atomic E-state index is 4.34. The summed E-state index contributed by atoms with van der Waals surface area (Å²) in [5.41, 5.74) is 1.21. The van der Waals surface area contributed by atoms with Gasteiger partial charge in [-0.3, -0.25) is 4.98 Å². The van der Waals surface area contributed by atoms with Gasteiger partial charge in [-0.15, -0.1) is 0 Å². The molecule has 0 amide bonds. The van der Waals surface area contributed by atoms with Crippen LogP contribution in [0.15, 0.2) is 36.9 Å². The second-order valence-electron chi connectivity index (χ2n) is 4.09. The number of aryl methyl sites for hydroxylation is 1. The molecular formula is C13H18N4. The van der Waals surface area contributed by atoms with Crippen molar-refractivity contribution in [1.82, 2.24) is 14.5 Å². The molecule has 1 N–H and O–H groups in total. The van der Waals surface area contributed by atoms with E-state index < -0.39 is 0 Å². The van der Waals surface area contributed by atoms with Crippen LogP contribution in [0.3, 0.4) is 0 Å². The fourth-order valence-corrected chi connectivity index (χ4v) is 1.80. The van der Waals surface area contributed by atoms with Gasteiger partial charge in [0.05, 0.1) is 6.04 Å². The Labute approximate surface area is 102 Å². The molecule has 90 valence electrons. The summed E-state index contributed by atoms with van der Waals surface area (Å²) in [4.78, 5) is 8.36. The summed E-state index contributed by atoms with van der Waals surface area (Å²) in [5, 5.41) is 3.42. The lowest BCUT2D eigenvalue weighted by Gasteiger charge is -2.15. The largest absolute Gasteiger partial charge is 0.349 e. The molecule has 0 saturated heterocycles. The Bertz CT molecular complexity index is 449. The molecule has 4 heteroatoms. The Hall–Kier alpha value is -1.84. The van der Waals surface area contributed by atoms with Crippen LogP contribution in [-0.2, 0) is 6.54 Å². The van der Waals surface area contributed by atoms with Crippen molar-refractivity contribution in [2.75, 3.05) is 5.32 Å². The maximum absolute atomic E-state index is 4.34. The Morgan fingerprint density at radius 1 is 1.29 bits per heavy atom. The summed E-state index contributed by atoms with van der Waals surface area (Å²) < 4.78 is 2.14. The van der Waals surface area contributed by atoms with Crippen LogP contribution in [0.1, 0.15) is 31.9 Å². The first-order valence-electron chi connectivity index (χ1n) is 5.99. The number of aromatic nitrogens is 3. The third-order valence-electron chi connectivity index (χ3n) is 2.73. The van der Waals surface area contributed by atoms with Crippen LogP contribution in [0.5, 0.6) is 0 Å². The number of hydrogen-bond donors (Lipinski definition) is 1. The average Bonchev–Trinajstić information content (AvgIpc) is 2.78. The Morgan fingerprint density at radius 3 is 2.76 bits per heavy atom. The van der Waals surface area contributed by atoms with Crippen LogP contribution in [0.25, 0.3) is 0 Å². The lowest BCUT2D eigenvalue weighted by Crippen LogP contribution is -2.11. The lowest BCUT2D eigenvalue weighted by molar-refractivity contribution is 0.674. The second-order valence-corrected chi connectivity index (χ2v) is 4.09. The first-order chi connectivity index (χ1) is 8.31. The molecule has 1 atom stereocenters. The summed E-state index contributed by atoms with van der Waals surface area (Å²) in [7, 11) is 0. The zero-order valence-electron chi connectivity index (χ0n) is 10.3. The first kappa shape index (κ1) is 11.6. The summed E-state index contributed by atoms with van der Waals surface area (Å²) in [6.45, 7) is 5.28. The van der Waals surface area contributed by atoms with Gasteiger partial charge >= 0.3 is 0 Å². The predicted octanol–water partition coefficient (Wildman–Crippen LogP) is 2.86. The minimum atomic E-state index is 0.232. The highest BCUT2D eigenvalue weighted by Crippen LogP contribution is 2.17. The quantitative estimate of drug-likeness (QED) is 0.858. The van der Waals surface area contributed by atoms with Crippen molar-refractivity contribution < 1.29 is 0 Å². The van der Waals surface area contributed by atoms with Crippen molar-refractivity contribution in [3.63, 3.8) is 0 Å². The predicted molar refractivity (Wildman–Crippen MR) is 68.8 cm³/mol. The van der Waals surface area contributed by atoms with E-state index in [4.69, 9.17) is 0 Å². The van der Waals surface area contributed by atoms with Gasteiger partial charge in [-0.05, 0) is 31.0 Å². The molecule has 17 heavy (non-hydrogen) atoms. The van der Waals surface area contributed by atoms with Crippen molar-refractivity contribution in [1.29, 1.82) is 0 Å². The normalized spacial score (nSPS) is 12.4. The van der Waals surface area contributed by atoms with Gasteiger partial charge in [-0.1, -0.05) is 6.92 Å². The fourth-order valence-electron chi connectivity index (χ4n) is 1.80. The molecule has 0 aromatic carbocycles. The molecule has 0 bridgehead atoms.